The maximum Gasteiger partial charge on any atom is 0.266 e. The second-order valence-electron chi connectivity index (χ2n) is 7.44. The highest BCUT2D eigenvalue weighted by Crippen LogP contribution is 2.32. The molecule has 0 unspecified atom stereocenters. The van der Waals surface area contributed by atoms with Gasteiger partial charge in [0, 0.05) is 35.5 Å². The third-order valence-electron chi connectivity index (χ3n) is 4.93. The summed E-state index contributed by atoms with van der Waals surface area (Å²) in [6.07, 6.45) is 4.34. The molecule has 3 aromatic rings. The average Bonchev–Trinajstić information content (AvgIpc) is 3.33. The van der Waals surface area contributed by atoms with Gasteiger partial charge < -0.3 is 5.32 Å². The first-order valence-electron chi connectivity index (χ1n) is 10.2. The number of aryl methyl sites for hydroxylation is 1. The molecular weight excluding hydrogens is 494 g/mol. The number of carbonyl (C=O) groups is 2. The van der Waals surface area contributed by atoms with Gasteiger partial charge in [-0.1, -0.05) is 83.6 Å². The fraction of sp³-hybridized carbons (Fsp3) is 0.167. The van der Waals surface area contributed by atoms with E-state index in [1.165, 1.54) is 28.0 Å². The largest absolute Gasteiger partial charge is 0.302 e. The normalized spacial score (nSPS) is 14.8. The third-order valence-corrected chi connectivity index (χ3v) is 7.59. The summed E-state index contributed by atoms with van der Waals surface area (Å²) in [5.74, 6) is -0.389. The van der Waals surface area contributed by atoms with Gasteiger partial charge >= 0.3 is 0 Å². The van der Waals surface area contributed by atoms with Crippen molar-refractivity contribution in [2.45, 2.75) is 19.8 Å². The molecular formula is C24H20ClN3O2S3. The number of halogens is 1. The quantitative estimate of drug-likeness (QED) is 0.313. The van der Waals surface area contributed by atoms with Crippen molar-refractivity contribution < 1.29 is 9.59 Å². The number of carbonyl (C=O) groups excluding carboxylic acids is 2. The van der Waals surface area contributed by atoms with Crippen LogP contribution >= 0.6 is 46.9 Å². The van der Waals surface area contributed by atoms with E-state index in [0.717, 1.165) is 21.6 Å². The molecule has 1 fully saturated rings. The van der Waals surface area contributed by atoms with Gasteiger partial charge in [-0.2, -0.15) is 0 Å². The summed E-state index contributed by atoms with van der Waals surface area (Å²) >= 11 is 14.2. The van der Waals surface area contributed by atoms with Crippen LogP contribution in [0.5, 0.6) is 0 Å². The number of hydrogen-bond donors (Lipinski definition) is 1. The van der Waals surface area contributed by atoms with Crippen molar-refractivity contribution in [1.29, 1.82) is 0 Å². The number of hydrogen-bond acceptors (Lipinski definition) is 6. The summed E-state index contributed by atoms with van der Waals surface area (Å²) in [5.41, 5.74) is 3.10. The molecule has 1 N–H and O–H groups in total. The van der Waals surface area contributed by atoms with E-state index in [4.69, 9.17) is 23.8 Å². The molecule has 1 aliphatic rings. The molecule has 0 aliphatic carbocycles. The topological polar surface area (TPSA) is 62.3 Å². The highest BCUT2D eigenvalue weighted by Gasteiger charge is 2.32. The van der Waals surface area contributed by atoms with E-state index in [1.807, 2.05) is 61.5 Å². The fourth-order valence-electron chi connectivity index (χ4n) is 3.18. The van der Waals surface area contributed by atoms with Crippen LogP contribution in [-0.4, -0.2) is 32.6 Å². The van der Waals surface area contributed by atoms with E-state index >= 15 is 0 Å². The van der Waals surface area contributed by atoms with Crippen LogP contribution in [0, 0.1) is 6.92 Å². The lowest BCUT2D eigenvalue weighted by molar-refractivity contribution is -0.122. The van der Waals surface area contributed by atoms with Gasteiger partial charge in [0.1, 0.15) is 4.32 Å². The van der Waals surface area contributed by atoms with Gasteiger partial charge in [0.15, 0.2) is 5.13 Å². The molecule has 2 aromatic carbocycles. The van der Waals surface area contributed by atoms with Gasteiger partial charge in [-0.25, -0.2) is 4.98 Å². The summed E-state index contributed by atoms with van der Waals surface area (Å²) in [4.78, 5) is 32.5. The summed E-state index contributed by atoms with van der Waals surface area (Å²) in [6, 6.07) is 15.6. The van der Waals surface area contributed by atoms with Crippen LogP contribution in [0.25, 0.3) is 6.08 Å². The maximum absolute atomic E-state index is 12.8. The minimum Gasteiger partial charge on any atom is -0.302 e. The minimum atomic E-state index is -0.217. The van der Waals surface area contributed by atoms with Gasteiger partial charge in [-0.3, -0.25) is 14.5 Å². The number of nitrogens with one attached hydrogen (secondary N) is 1. The SMILES string of the molecule is Cc1ccc(C=C2SC(=S)N(CCC(=O)Nc3ncc(Cc4ccccc4Cl)s3)C2=O)cc1. The van der Waals surface area contributed by atoms with Crippen molar-refractivity contribution >= 4 is 74.3 Å². The predicted octanol–water partition coefficient (Wildman–Crippen LogP) is 5.93. The van der Waals surface area contributed by atoms with Crippen LogP contribution in [-0.2, 0) is 16.0 Å². The zero-order chi connectivity index (χ0) is 23.4. The Morgan fingerprint density at radius 3 is 2.73 bits per heavy atom. The lowest BCUT2D eigenvalue weighted by Gasteiger charge is -2.13. The standard InChI is InChI=1S/C24H20ClN3O2S3/c1-15-6-8-16(9-7-15)12-20-22(30)28(24(31)33-20)11-10-21(29)27-23-26-14-18(32-23)13-17-4-2-3-5-19(17)25/h2-9,12,14H,10-11,13H2,1H3,(H,26,27,29). The number of nitrogens with zero attached hydrogens (tertiary/aromatic N) is 2. The molecule has 2 heterocycles. The summed E-state index contributed by atoms with van der Waals surface area (Å²) in [5, 5.41) is 4.03. The van der Waals surface area contributed by atoms with E-state index < -0.39 is 0 Å². The molecule has 0 bridgehead atoms. The molecule has 33 heavy (non-hydrogen) atoms. The van der Waals surface area contributed by atoms with Crippen molar-refractivity contribution in [1.82, 2.24) is 9.88 Å². The molecule has 4 rings (SSSR count). The van der Waals surface area contributed by atoms with Crippen molar-refractivity contribution in [2.75, 3.05) is 11.9 Å². The van der Waals surface area contributed by atoms with E-state index in [-0.39, 0.29) is 24.8 Å². The highest BCUT2D eigenvalue weighted by atomic mass is 35.5. The predicted molar refractivity (Wildman–Crippen MR) is 141 cm³/mol. The molecule has 0 spiro atoms. The number of rotatable bonds is 7. The summed E-state index contributed by atoms with van der Waals surface area (Å²) < 4.78 is 0.461. The zero-order valence-electron chi connectivity index (χ0n) is 17.7. The Kier molecular flexibility index (Phi) is 7.60. The molecule has 168 valence electrons. The molecule has 0 radical (unpaired) electrons. The first-order chi connectivity index (χ1) is 15.9. The summed E-state index contributed by atoms with van der Waals surface area (Å²) in [7, 11) is 0. The number of amides is 2. The maximum atomic E-state index is 12.8. The Hall–Kier alpha value is -2.52. The van der Waals surface area contributed by atoms with Crippen LogP contribution in [0.4, 0.5) is 5.13 Å². The van der Waals surface area contributed by atoms with E-state index in [0.29, 0.717) is 25.8 Å². The number of aromatic nitrogens is 1. The smallest absolute Gasteiger partial charge is 0.266 e. The van der Waals surface area contributed by atoms with Crippen molar-refractivity contribution in [2.24, 2.45) is 0 Å². The van der Waals surface area contributed by atoms with Crippen LogP contribution in [0.2, 0.25) is 5.02 Å². The van der Waals surface area contributed by atoms with Crippen LogP contribution in [0.1, 0.15) is 28.0 Å². The number of anilines is 1. The third kappa shape index (κ3) is 6.09. The molecule has 0 atom stereocenters. The van der Waals surface area contributed by atoms with Crippen molar-refractivity contribution in [3.8, 4) is 0 Å². The fourth-order valence-corrected chi connectivity index (χ4v) is 5.54. The monoisotopic (exact) mass is 513 g/mol. The van der Waals surface area contributed by atoms with Crippen LogP contribution in [0.3, 0.4) is 0 Å². The Morgan fingerprint density at radius 2 is 1.97 bits per heavy atom. The number of thioether (sulfide) groups is 1. The lowest BCUT2D eigenvalue weighted by Crippen LogP contribution is -2.31. The first-order valence-corrected chi connectivity index (χ1v) is 12.6. The van der Waals surface area contributed by atoms with Gasteiger partial charge in [0.2, 0.25) is 5.91 Å². The molecule has 1 aliphatic heterocycles. The van der Waals surface area contributed by atoms with Crippen molar-refractivity contribution in [3.05, 3.63) is 86.2 Å². The zero-order valence-corrected chi connectivity index (χ0v) is 20.9. The van der Waals surface area contributed by atoms with Crippen molar-refractivity contribution in [3.63, 3.8) is 0 Å². The molecule has 5 nitrogen and oxygen atoms in total. The molecule has 2 amide bonds. The second kappa shape index (κ2) is 10.6. The van der Waals surface area contributed by atoms with Crippen LogP contribution < -0.4 is 5.32 Å². The molecule has 1 saturated heterocycles. The Balaban J connectivity index is 1.31. The Bertz CT molecular complexity index is 1240. The molecule has 1 aromatic heterocycles. The first kappa shape index (κ1) is 23.6. The van der Waals surface area contributed by atoms with Gasteiger partial charge in [0.25, 0.3) is 5.91 Å². The van der Waals surface area contributed by atoms with E-state index in [2.05, 4.69) is 10.3 Å². The minimum absolute atomic E-state index is 0.129. The average molecular weight is 514 g/mol. The highest BCUT2D eigenvalue weighted by molar-refractivity contribution is 8.26. The van der Waals surface area contributed by atoms with Crippen LogP contribution in [0.15, 0.2) is 59.6 Å². The second-order valence-corrected chi connectivity index (χ2v) is 10.6. The Morgan fingerprint density at radius 1 is 1.21 bits per heavy atom. The van der Waals surface area contributed by atoms with Gasteiger partial charge in [-0.15, -0.1) is 11.3 Å². The van der Waals surface area contributed by atoms with E-state index in [9.17, 15) is 9.59 Å². The molecule has 0 saturated carbocycles. The number of thiocarbonyl (C=S) groups is 1. The lowest BCUT2D eigenvalue weighted by atomic mass is 10.1. The molecule has 9 heteroatoms. The van der Waals surface area contributed by atoms with E-state index in [1.54, 1.807) is 6.20 Å². The van der Waals surface area contributed by atoms with Gasteiger partial charge in [0.05, 0.1) is 4.91 Å². The number of benzene rings is 2. The van der Waals surface area contributed by atoms with Gasteiger partial charge in [-0.05, 0) is 30.2 Å². The number of thiazole rings is 1. The summed E-state index contributed by atoms with van der Waals surface area (Å²) in [6.45, 7) is 2.24. The Labute approximate surface area is 210 Å².